The Morgan fingerprint density at radius 3 is 3.06 bits per heavy atom. The van der Waals surface area contributed by atoms with Gasteiger partial charge in [0.1, 0.15) is 0 Å². The van der Waals surface area contributed by atoms with Crippen LogP contribution in [0.3, 0.4) is 0 Å². The number of pyridine rings is 1. The molecular formula is C13H21N3O2. The van der Waals surface area contributed by atoms with E-state index in [9.17, 15) is 4.79 Å². The van der Waals surface area contributed by atoms with Crippen LogP contribution in [-0.4, -0.2) is 30.6 Å². The number of aryl methyl sites for hydroxylation is 1. The Hall–Kier alpha value is -1.46. The first-order valence-electron chi connectivity index (χ1n) is 6.07. The topological polar surface area (TPSA) is 77.2 Å². The highest BCUT2D eigenvalue weighted by atomic mass is 16.5. The molecule has 0 saturated carbocycles. The minimum Gasteiger partial charge on any atom is -0.385 e. The van der Waals surface area contributed by atoms with Crippen LogP contribution in [0.5, 0.6) is 0 Å². The molecule has 1 rings (SSSR count). The van der Waals surface area contributed by atoms with Crippen molar-refractivity contribution in [2.45, 2.75) is 32.4 Å². The molecule has 0 saturated heterocycles. The number of amides is 1. The first-order valence-corrected chi connectivity index (χ1v) is 6.07. The van der Waals surface area contributed by atoms with Crippen molar-refractivity contribution in [1.82, 2.24) is 10.3 Å². The van der Waals surface area contributed by atoms with Gasteiger partial charge in [0, 0.05) is 32.7 Å². The van der Waals surface area contributed by atoms with E-state index in [1.807, 2.05) is 13.0 Å². The molecule has 0 spiro atoms. The quantitative estimate of drug-likeness (QED) is 0.701. The normalized spacial score (nSPS) is 12.2. The summed E-state index contributed by atoms with van der Waals surface area (Å²) in [4.78, 5) is 15.8. The molecule has 0 fully saturated rings. The Balaban J connectivity index is 2.34. The molecule has 0 bridgehead atoms. The zero-order valence-corrected chi connectivity index (χ0v) is 11.0. The summed E-state index contributed by atoms with van der Waals surface area (Å²) >= 11 is 0. The Morgan fingerprint density at radius 1 is 1.61 bits per heavy atom. The average molecular weight is 251 g/mol. The molecule has 1 aromatic rings. The molecular weight excluding hydrogens is 230 g/mol. The molecule has 1 aromatic heterocycles. The van der Waals surface area contributed by atoms with Crippen LogP contribution in [0.4, 0.5) is 0 Å². The fourth-order valence-corrected chi connectivity index (χ4v) is 1.57. The number of ether oxygens (including phenoxy) is 1. The molecule has 1 heterocycles. The van der Waals surface area contributed by atoms with Gasteiger partial charge in [-0.25, -0.2) is 0 Å². The van der Waals surface area contributed by atoms with Crippen molar-refractivity contribution in [3.05, 3.63) is 29.6 Å². The number of nitrogens with zero attached hydrogens (tertiary/aromatic N) is 1. The maximum atomic E-state index is 11.7. The van der Waals surface area contributed by atoms with Gasteiger partial charge in [-0.05, 0) is 37.0 Å². The number of nitrogens with one attached hydrogen (secondary N) is 1. The number of rotatable bonds is 7. The van der Waals surface area contributed by atoms with Crippen LogP contribution in [-0.2, 0) is 16.1 Å². The van der Waals surface area contributed by atoms with E-state index in [2.05, 4.69) is 10.3 Å². The minimum atomic E-state index is -0.475. The van der Waals surface area contributed by atoms with Crippen LogP contribution in [0.2, 0.25) is 0 Å². The summed E-state index contributed by atoms with van der Waals surface area (Å²) in [6, 6.07) is 1.44. The van der Waals surface area contributed by atoms with E-state index >= 15 is 0 Å². The van der Waals surface area contributed by atoms with Gasteiger partial charge in [0.2, 0.25) is 5.91 Å². The summed E-state index contributed by atoms with van der Waals surface area (Å²) in [5, 5.41) is 2.82. The number of hydrogen-bond donors (Lipinski definition) is 2. The molecule has 1 atom stereocenters. The van der Waals surface area contributed by atoms with Crippen molar-refractivity contribution in [2.75, 3.05) is 13.7 Å². The minimum absolute atomic E-state index is 0.130. The molecule has 1 amide bonds. The average Bonchev–Trinajstić information content (AvgIpc) is 2.37. The van der Waals surface area contributed by atoms with Crippen molar-refractivity contribution in [1.29, 1.82) is 0 Å². The zero-order chi connectivity index (χ0) is 13.4. The maximum Gasteiger partial charge on any atom is 0.237 e. The van der Waals surface area contributed by atoms with Gasteiger partial charge in [0.25, 0.3) is 0 Å². The number of aromatic nitrogens is 1. The summed E-state index contributed by atoms with van der Waals surface area (Å²) in [6.07, 6.45) is 4.91. The van der Waals surface area contributed by atoms with Crippen LogP contribution in [0, 0.1) is 6.92 Å². The summed E-state index contributed by atoms with van der Waals surface area (Å²) in [5.41, 5.74) is 7.90. The fraction of sp³-hybridized carbons (Fsp3) is 0.538. The Morgan fingerprint density at radius 2 is 2.39 bits per heavy atom. The number of carbonyl (C=O) groups is 1. The van der Waals surface area contributed by atoms with Crippen molar-refractivity contribution in [2.24, 2.45) is 5.73 Å². The van der Waals surface area contributed by atoms with Crippen molar-refractivity contribution >= 4 is 5.91 Å². The maximum absolute atomic E-state index is 11.7. The molecule has 0 aromatic carbocycles. The van der Waals surface area contributed by atoms with Gasteiger partial charge in [0.05, 0.1) is 6.04 Å². The molecule has 18 heavy (non-hydrogen) atoms. The van der Waals surface area contributed by atoms with Crippen LogP contribution in [0.1, 0.15) is 24.0 Å². The molecule has 0 aliphatic rings. The standard InChI is InChI=1S/C13H21N3O2/c1-10-5-6-15-8-11(10)9-16-13(17)12(14)4-3-7-18-2/h5-6,8,12H,3-4,7,9,14H2,1-2H3,(H,16,17). The highest BCUT2D eigenvalue weighted by Gasteiger charge is 2.12. The van der Waals surface area contributed by atoms with Crippen LogP contribution < -0.4 is 11.1 Å². The van der Waals surface area contributed by atoms with E-state index in [4.69, 9.17) is 10.5 Å². The highest BCUT2D eigenvalue weighted by Crippen LogP contribution is 2.04. The molecule has 3 N–H and O–H groups in total. The largest absolute Gasteiger partial charge is 0.385 e. The SMILES string of the molecule is COCCCC(N)C(=O)NCc1cnccc1C. The lowest BCUT2D eigenvalue weighted by Crippen LogP contribution is -2.40. The summed E-state index contributed by atoms with van der Waals surface area (Å²) in [6.45, 7) is 3.08. The molecule has 5 nitrogen and oxygen atoms in total. The molecule has 5 heteroatoms. The smallest absolute Gasteiger partial charge is 0.237 e. The lowest BCUT2D eigenvalue weighted by atomic mass is 10.1. The van der Waals surface area contributed by atoms with Crippen LogP contribution >= 0.6 is 0 Å². The summed E-state index contributed by atoms with van der Waals surface area (Å²) in [7, 11) is 1.64. The highest BCUT2D eigenvalue weighted by molar-refractivity contribution is 5.81. The lowest BCUT2D eigenvalue weighted by molar-refractivity contribution is -0.122. The van der Waals surface area contributed by atoms with Gasteiger partial charge >= 0.3 is 0 Å². The van der Waals surface area contributed by atoms with Gasteiger partial charge in [-0.1, -0.05) is 0 Å². The van der Waals surface area contributed by atoms with Crippen molar-refractivity contribution in [3.8, 4) is 0 Å². The van der Waals surface area contributed by atoms with Crippen molar-refractivity contribution < 1.29 is 9.53 Å². The number of hydrogen-bond acceptors (Lipinski definition) is 4. The Bertz CT molecular complexity index is 382. The third kappa shape index (κ3) is 4.81. The number of methoxy groups -OCH3 is 1. The predicted octanol–water partition coefficient (Wildman–Crippen LogP) is 0.760. The second-order valence-electron chi connectivity index (χ2n) is 4.26. The lowest BCUT2D eigenvalue weighted by Gasteiger charge is -2.12. The molecule has 100 valence electrons. The Labute approximate surface area is 108 Å². The predicted molar refractivity (Wildman–Crippen MR) is 69.9 cm³/mol. The first-order chi connectivity index (χ1) is 8.65. The molecule has 0 aliphatic heterocycles. The third-order valence-electron chi connectivity index (χ3n) is 2.80. The molecule has 1 unspecified atom stereocenters. The first kappa shape index (κ1) is 14.6. The number of carbonyl (C=O) groups excluding carboxylic acids is 1. The zero-order valence-electron chi connectivity index (χ0n) is 11.0. The second-order valence-corrected chi connectivity index (χ2v) is 4.26. The van der Waals surface area contributed by atoms with Crippen molar-refractivity contribution in [3.63, 3.8) is 0 Å². The van der Waals surface area contributed by atoms with E-state index in [0.717, 1.165) is 17.5 Å². The summed E-state index contributed by atoms with van der Waals surface area (Å²) in [5.74, 6) is -0.130. The van der Waals surface area contributed by atoms with Gasteiger partial charge < -0.3 is 15.8 Å². The van der Waals surface area contributed by atoms with Gasteiger partial charge in [-0.2, -0.15) is 0 Å². The van der Waals surface area contributed by atoms with E-state index in [1.54, 1.807) is 19.5 Å². The number of nitrogens with two attached hydrogens (primary N) is 1. The van der Waals surface area contributed by atoms with Crippen LogP contribution in [0.25, 0.3) is 0 Å². The Kier molecular flexibility index (Phi) is 6.32. The third-order valence-corrected chi connectivity index (χ3v) is 2.80. The van der Waals surface area contributed by atoms with E-state index in [0.29, 0.717) is 19.6 Å². The van der Waals surface area contributed by atoms with E-state index in [1.165, 1.54) is 0 Å². The summed E-state index contributed by atoms with van der Waals surface area (Å²) < 4.78 is 4.92. The van der Waals surface area contributed by atoms with Gasteiger partial charge in [-0.3, -0.25) is 9.78 Å². The van der Waals surface area contributed by atoms with E-state index < -0.39 is 6.04 Å². The van der Waals surface area contributed by atoms with Crippen LogP contribution in [0.15, 0.2) is 18.5 Å². The molecule has 0 aliphatic carbocycles. The molecule has 0 radical (unpaired) electrons. The van der Waals surface area contributed by atoms with Gasteiger partial charge in [0.15, 0.2) is 0 Å². The van der Waals surface area contributed by atoms with Gasteiger partial charge in [-0.15, -0.1) is 0 Å². The second kappa shape index (κ2) is 7.79. The monoisotopic (exact) mass is 251 g/mol. The fourth-order valence-electron chi connectivity index (χ4n) is 1.57. The van der Waals surface area contributed by atoms with E-state index in [-0.39, 0.29) is 5.91 Å².